The van der Waals surface area contributed by atoms with Gasteiger partial charge in [-0.2, -0.15) is 10.2 Å². The van der Waals surface area contributed by atoms with Gasteiger partial charge in [-0.15, -0.1) is 24.8 Å². The molecule has 0 radical (unpaired) electrons. The second-order valence-corrected chi connectivity index (χ2v) is 5.80. The van der Waals surface area contributed by atoms with Crippen molar-refractivity contribution in [2.24, 2.45) is 10.2 Å². The maximum absolute atomic E-state index is 7.95. The molecule has 0 aromatic heterocycles. The van der Waals surface area contributed by atoms with Crippen LogP contribution in [0.1, 0.15) is 27.7 Å². The minimum Gasteiger partial charge on any atom is -0.365 e. The predicted octanol–water partition coefficient (Wildman–Crippen LogP) is 2.92. The maximum Gasteiger partial charge on any atom is 0.132 e. The number of likely N-dealkylation sites (N-methyl/N-ethyl adjacent to an activating group) is 2. The van der Waals surface area contributed by atoms with E-state index in [4.69, 9.17) is 10.8 Å². The van der Waals surface area contributed by atoms with Crippen LogP contribution >= 0.6 is 24.8 Å². The van der Waals surface area contributed by atoms with Crippen molar-refractivity contribution in [2.45, 2.75) is 38.8 Å². The zero-order chi connectivity index (χ0) is 14.7. The Morgan fingerprint density at radius 3 is 1.05 bits per heavy atom. The average Bonchev–Trinajstić information content (AvgIpc) is 2.24. The smallest absolute Gasteiger partial charge is 0.132 e. The van der Waals surface area contributed by atoms with Gasteiger partial charge in [0.2, 0.25) is 0 Å². The van der Waals surface area contributed by atoms with E-state index in [0.29, 0.717) is 11.7 Å². The quantitative estimate of drug-likeness (QED) is 0.473. The second-order valence-electron chi connectivity index (χ2n) is 5.80. The summed E-state index contributed by atoms with van der Waals surface area (Å²) in [6.45, 7) is 7.37. The first-order valence-electron chi connectivity index (χ1n) is 5.88. The monoisotopic (exact) mass is 326 g/mol. The Kier molecular flexibility index (Phi) is 10.2. The van der Waals surface area contributed by atoms with E-state index in [0.717, 1.165) is 0 Å². The summed E-state index contributed by atoms with van der Waals surface area (Å²) in [6.07, 6.45) is 0. The number of rotatable bonds is 4. The highest BCUT2D eigenvalue weighted by Crippen LogP contribution is 2.19. The minimum absolute atomic E-state index is 0. The summed E-state index contributed by atoms with van der Waals surface area (Å²) in [4.78, 5) is 3.42. The summed E-state index contributed by atoms with van der Waals surface area (Å²) < 4.78 is 0. The zero-order valence-corrected chi connectivity index (χ0v) is 15.2. The molecule has 0 aliphatic rings. The Balaban J connectivity index is -0.00000144. The molecule has 0 aromatic rings. The van der Waals surface area contributed by atoms with Crippen LogP contribution in [0.2, 0.25) is 0 Å². The van der Waals surface area contributed by atoms with Crippen molar-refractivity contribution in [3.05, 3.63) is 0 Å². The first kappa shape index (κ1) is 24.2. The fourth-order valence-electron chi connectivity index (χ4n) is 1.44. The summed E-state index contributed by atoms with van der Waals surface area (Å²) in [5.41, 5.74) is -1.37. The van der Waals surface area contributed by atoms with Gasteiger partial charge in [-0.3, -0.25) is 10.8 Å². The molecule has 0 aromatic carbocycles. The molecule has 0 heterocycles. The van der Waals surface area contributed by atoms with Gasteiger partial charge >= 0.3 is 0 Å². The van der Waals surface area contributed by atoms with Crippen LogP contribution in [-0.2, 0) is 0 Å². The van der Waals surface area contributed by atoms with Gasteiger partial charge < -0.3 is 9.80 Å². The molecule has 2 N–H and O–H groups in total. The molecule has 0 fully saturated rings. The van der Waals surface area contributed by atoms with Gasteiger partial charge in [-0.05, 0) is 27.7 Å². The van der Waals surface area contributed by atoms with Crippen LogP contribution in [0.3, 0.4) is 0 Å². The number of nitrogens with zero attached hydrogens (tertiary/aromatic N) is 4. The van der Waals surface area contributed by atoms with E-state index in [-0.39, 0.29) is 24.8 Å². The van der Waals surface area contributed by atoms with E-state index in [2.05, 4.69) is 10.2 Å². The largest absolute Gasteiger partial charge is 0.365 e. The van der Waals surface area contributed by atoms with Crippen LogP contribution in [-0.4, -0.2) is 60.7 Å². The molecule has 0 unspecified atom stereocenters. The van der Waals surface area contributed by atoms with Crippen LogP contribution in [0.5, 0.6) is 0 Å². The van der Waals surface area contributed by atoms with E-state index >= 15 is 0 Å². The molecule has 0 atom stereocenters. The Bertz CT molecular complexity index is 327. The standard InChI is InChI=1S/C12H26N6.2ClH/c1-11(2,9(13)17(5)6)15-16-12(3,4)10(14)18(7)8;;/h13-14H,1-8H3;2*1H. The topological polar surface area (TPSA) is 78.9 Å². The second kappa shape index (κ2) is 8.42. The van der Waals surface area contributed by atoms with Crippen molar-refractivity contribution >= 4 is 36.5 Å². The first-order valence-corrected chi connectivity index (χ1v) is 5.88. The van der Waals surface area contributed by atoms with Gasteiger partial charge in [0.05, 0.1) is 0 Å². The number of hydrogen-bond acceptors (Lipinski definition) is 4. The van der Waals surface area contributed by atoms with Crippen molar-refractivity contribution in [1.29, 1.82) is 10.8 Å². The third kappa shape index (κ3) is 6.52. The SMILES string of the molecule is CN(C)C(=N)C(C)(C)N=NC(C)(C)C(=N)N(C)C.Cl.Cl. The highest BCUT2D eigenvalue weighted by molar-refractivity contribution is 5.89. The molecular weight excluding hydrogens is 299 g/mol. The van der Waals surface area contributed by atoms with E-state index in [1.807, 2.05) is 55.9 Å². The van der Waals surface area contributed by atoms with Crippen LogP contribution in [0.15, 0.2) is 10.2 Å². The van der Waals surface area contributed by atoms with Crippen molar-refractivity contribution in [2.75, 3.05) is 28.2 Å². The predicted molar refractivity (Wildman–Crippen MR) is 90.3 cm³/mol. The molecule has 20 heavy (non-hydrogen) atoms. The maximum atomic E-state index is 7.95. The Hall–Kier alpha value is -0.880. The Morgan fingerprint density at radius 1 is 0.700 bits per heavy atom. The van der Waals surface area contributed by atoms with Crippen LogP contribution in [0, 0.1) is 10.8 Å². The lowest BCUT2D eigenvalue weighted by molar-refractivity contribution is 0.473. The van der Waals surface area contributed by atoms with E-state index in [9.17, 15) is 0 Å². The van der Waals surface area contributed by atoms with Crippen LogP contribution < -0.4 is 0 Å². The molecule has 0 aliphatic heterocycles. The average molecular weight is 327 g/mol. The number of nitrogens with one attached hydrogen (secondary N) is 2. The van der Waals surface area contributed by atoms with Gasteiger partial charge in [0, 0.05) is 28.2 Å². The molecule has 0 amide bonds. The third-order valence-corrected chi connectivity index (χ3v) is 2.60. The summed E-state index contributed by atoms with van der Waals surface area (Å²) in [6, 6.07) is 0. The molecule has 8 heteroatoms. The van der Waals surface area contributed by atoms with Gasteiger partial charge in [0.15, 0.2) is 0 Å². The fourth-order valence-corrected chi connectivity index (χ4v) is 1.44. The van der Waals surface area contributed by atoms with Gasteiger partial charge in [-0.1, -0.05) is 0 Å². The molecule has 0 spiro atoms. The van der Waals surface area contributed by atoms with Crippen molar-refractivity contribution < 1.29 is 0 Å². The van der Waals surface area contributed by atoms with E-state index in [1.165, 1.54) is 0 Å². The van der Waals surface area contributed by atoms with E-state index in [1.54, 1.807) is 9.80 Å². The normalized spacial score (nSPS) is 11.4. The van der Waals surface area contributed by atoms with Crippen LogP contribution in [0.25, 0.3) is 0 Å². The van der Waals surface area contributed by atoms with Crippen molar-refractivity contribution in [3.8, 4) is 0 Å². The van der Waals surface area contributed by atoms with Gasteiger partial charge in [-0.25, -0.2) is 0 Å². The van der Waals surface area contributed by atoms with Crippen LogP contribution in [0.4, 0.5) is 0 Å². The molecule has 0 saturated heterocycles. The highest BCUT2D eigenvalue weighted by Gasteiger charge is 2.29. The third-order valence-electron chi connectivity index (χ3n) is 2.60. The Morgan fingerprint density at radius 2 is 0.900 bits per heavy atom. The highest BCUT2D eigenvalue weighted by atomic mass is 35.5. The van der Waals surface area contributed by atoms with Crippen molar-refractivity contribution in [3.63, 3.8) is 0 Å². The lowest BCUT2D eigenvalue weighted by Gasteiger charge is -2.29. The number of halogens is 2. The summed E-state index contributed by atoms with van der Waals surface area (Å²) in [5, 5.41) is 24.4. The zero-order valence-electron chi connectivity index (χ0n) is 13.6. The molecule has 0 aliphatic carbocycles. The number of azo groups is 1. The van der Waals surface area contributed by atoms with Crippen molar-refractivity contribution in [1.82, 2.24) is 9.80 Å². The van der Waals surface area contributed by atoms with Gasteiger partial charge in [0.1, 0.15) is 22.7 Å². The molecule has 0 saturated carbocycles. The first-order chi connectivity index (χ1) is 7.92. The summed E-state index contributed by atoms with van der Waals surface area (Å²) in [5.74, 6) is 0.775. The molecule has 0 rings (SSSR count). The number of amidine groups is 2. The lowest BCUT2D eigenvalue weighted by atomic mass is 10.0. The fraction of sp³-hybridized carbons (Fsp3) is 0.833. The summed E-state index contributed by atoms with van der Waals surface area (Å²) in [7, 11) is 7.25. The molecular formula is C12H28Cl2N6. The number of hydrogen-bond donors (Lipinski definition) is 2. The van der Waals surface area contributed by atoms with E-state index < -0.39 is 11.1 Å². The summed E-state index contributed by atoms with van der Waals surface area (Å²) >= 11 is 0. The minimum atomic E-state index is -0.687. The molecule has 120 valence electrons. The van der Waals surface area contributed by atoms with Gasteiger partial charge in [0.25, 0.3) is 0 Å². The molecule has 0 bridgehead atoms. The Labute approximate surface area is 134 Å². The lowest BCUT2D eigenvalue weighted by Crippen LogP contribution is -2.42. The molecule has 6 nitrogen and oxygen atoms in total.